The molecule has 0 bridgehead atoms. The summed E-state index contributed by atoms with van der Waals surface area (Å²) in [6, 6.07) is 8.20. The van der Waals surface area contributed by atoms with Crippen LogP contribution in [0.3, 0.4) is 0 Å². The Bertz CT molecular complexity index is 785. The molecule has 2 aromatic carbocycles. The second kappa shape index (κ2) is 6.22. The maximum absolute atomic E-state index is 12.2. The van der Waals surface area contributed by atoms with Crippen molar-refractivity contribution in [2.45, 2.75) is 13.8 Å². The summed E-state index contributed by atoms with van der Waals surface area (Å²) in [4.78, 5) is 32.4. The first-order valence-corrected chi connectivity index (χ1v) is 6.60. The Kier molecular flexibility index (Phi) is 4.35. The third kappa shape index (κ3) is 3.67. The topological polar surface area (TPSA) is 115 Å². The molecule has 0 spiro atoms. The van der Waals surface area contributed by atoms with Gasteiger partial charge in [0.05, 0.1) is 21.5 Å². The summed E-state index contributed by atoms with van der Waals surface area (Å²) >= 11 is 0. The van der Waals surface area contributed by atoms with E-state index in [-0.39, 0.29) is 5.56 Å². The molecule has 2 rings (SSSR count). The first-order valence-electron chi connectivity index (χ1n) is 6.60. The summed E-state index contributed by atoms with van der Waals surface area (Å²) in [5.41, 5.74) is 1.21. The van der Waals surface area contributed by atoms with Crippen LogP contribution in [0.4, 0.5) is 17.1 Å². The van der Waals surface area contributed by atoms with Crippen LogP contribution < -0.4 is 5.32 Å². The summed E-state index contributed by atoms with van der Waals surface area (Å²) in [6.45, 7) is 3.71. The number of carbonyl (C=O) groups excluding carboxylic acids is 1. The van der Waals surface area contributed by atoms with Crippen molar-refractivity contribution in [3.05, 3.63) is 73.3 Å². The number of aryl methyl sites for hydroxylation is 2. The maximum Gasteiger partial charge on any atom is 0.277 e. The van der Waals surface area contributed by atoms with Gasteiger partial charge >= 0.3 is 0 Å². The average Bonchev–Trinajstić information content (AvgIpc) is 2.49. The van der Waals surface area contributed by atoms with Gasteiger partial charge in [-0.05, 0) is 25.5 Å². The number of amides is 1. The zero-order valence-corrected chi connectivity index (χ0v) is 12.4. The molecular weight excluding hydrogens is 302 g/mol. The number of rotatable bonds is 4. The van der Waals surface area contributed by atoms with E-state index >= 15 is 0 Å². The minimum atomic E-state index is -0.777. The van der Waals surface area contributed by atoms with E-state index in [9.17, 15) is 25.0 Å². The van der Waals surface area contributed by atoms with Gasteiger partial charge in [0.15, 0.2) is 0 Å². The number of benzene rings is 2. The number of anilines is 1. The number of nitro benzene ring substituents is 2. The molecule has 0 fully saturated rings. The molecule has 1 N–H and O–H groups in total. The Balaban J connectivity index is 2.38. The van der Waals surface area contributed by atoms with Crippen molar-refractivity contribution >= 4 is 23.0 Å². The van der Waals surface area contributed by atoms with Crippen molar-refractivity contribution in [1.29, 1.82) is 0 Å². The summed E-state index contributed by atoms with van der Waals surface area (Å²) in [6.07, 6.45) is 0. The lowest BCUT2D eigenvalue weighted by molar-refractivity contribution is -0.394. The maximum atomic E-state index is 12.2. The molecule has 0 aliphatic heterocycles. The van der Waals surface area contributed by atoms with Crippen molar-refractivity contribution in [1.82, 2.24) is 0 Å². The minimum absolute atomic E-state index is 0.147. The Hall–Kier alpha value is -3.29. The average molecular weight is 315 g/mol. The minimum Gasteiger partial charge on any atom is -0.322 e. The van der Waals surface area contributed by atoms with Crippen LogP contribution in [0, 0.1) is 34.1 Å². The lowest BCUT2D eigenvalue weighted by Crippen LogP contribution is -2.13. The number of nitrogens with zero attached hydrogens (tertiary/aromatic N) is 2. The summed E-state index contributed by atoms with van der Waals surface area (Å²) in [5, 5.41) is 24.3. The fourth-order valence-corrected chi connectivity index (χ4v) is 2.09. The van der Waals surface area contributed by atoms with Crippen molar-refractivity contribution < 1.29 is 14.6 Å². The number of hydrogen-bond acceptors (Lipinski definition) is 5. The zero-order chi connectivity index (χ0) is 17.1. The van der Waals surface area contributed by atoms with Crippen LogP contribution in [-0.4, -0.2) is 15.8 Å². The van der Waals surface area contributed by atoms with Crippen molar-refractivity contribution in [3.63, 3.8) is 0 Å². The Morgan fingerprint density at radius 3 is 2.00 bits per heavy atom. The highest BCUT2D eigenvalue weighted by Gasteiger charge is 2.20. The molecule has 1 amide bonds. The second-order valence-corrected chi connectivity index (χ2v) is 5.02. The van der Waals surface area contributed by atoms with E-state index in [1.54, 1.807) is 19.1 Å². The molecule has 8 heteroatoms. The van der Waals surface area contributed by atoms with E-state index in [1.165, 1.54) is 0 Å². The second-order valence-electron chi connectivity index (χ2n) is 5.02. The molecule has 0 aliphatic carbocycles. The first kappa shape index (κ1) is 16.1. The van der Waals surface area contributed by atoms with Gasteiger partial charge < -0.3 is 5.32 Å². The van der Waals surface area contributed by atoms with Crippen molar-refractivity contribution in [3.8, 4) is 0 Å². The summed E-state index contributed by atoms with van der Waals surface area (Å²) < 4.78 is 0. The molecule has 118 valence electrons. The van der Waals surface area contributed by atoms with Gasteiger partial charge in [-0.15, -0.1) is 0 Å². The lowest BCUT2D eigenvalue weighted by atomic mass is 10.1. The van der Waals surface area contributed by atoms with Crippen LogP contribution >= 0.6 is 0 Å². The fraction of sp³-hybridized carbons (Fsp3) is 0.133. The smallest absolute Gasteiger partial charge is 0.277 e. The van der Waals surface area contributed by atoms with E-state index in [1.807, 2.05) is 13.0 Å². The molecule has 0 atom stereocenters. The van der Waals surface area contributed by atoms with Gasteiger partial charge in [-0.1, -0.05) is 17.7 Å². The third-order valence-electron chi connectivity index (χ3n) is 3.22. The van der Waals surface area contributed by atoms with Gasteiger partial charge in [-0.3, -0.25) is 25.0 Å². The van der Waals surface area contributed by atoms with Gasteiger partial charge in [0.1, 0.15) is 0 Å². The monoisotopic (exact) mass is 315 g/mol. The van der Waals surface area contributed by atoms with Crippen LogP contribution in [0.5, 0.6) is 0 Å². The first-order chi connectivity index (χ1) is 10.8. The molecule has 0 aromatic heterocycles. The number of nitro groups is 2. The molecule has 0 radical (unpaired) electrons. The Labute approximate surface area is 131 Å². The molecular formula is C15H13N3O5. The van der Waals surface area contributed by atoms with Crippen LogP contribution in [-0.2, 0) is 0 Å². The number of hydrogen-bond donors (Lipinski definition) is 1. The number of carbonyl (C=O) groups is 1. The van der Waals surface area contributed by atoms with Gasteiger partial charge in [0.25, 0.3) is 17.3 Å². The molecule has 0 heterocycles. The highest BCUT2D eigenvalue weighted by Crippen LogP contribution is 2.24. The highest BCUT2D eigenvalue weighted by atomic mass is 16.6. The van der Waals surface area contributed by atoms with Crippen molar-refractivity contribution in [2.75, 3.05) is 5.32 Å². The lowest BCUT2D eigenvalue weighted by Gasteiger charge is -2.09. The van der Waals surface area contributed by atoms with Crippen LogP contribution in [0.25, 0.3) is 0 Å². The zero-order valence-electron chi connectivity index (χ0n) is 12.4. The number of non-ortho nitro benzene ring substituents is 2. The van der Waals surface area contributed by atoms with Gasteiger partial charge in [-0.25, -0.2) is 0 Å². The Morgan fingerprint density at radius 1 is 0.957 bits per heavy atom. The van der Waals surface area contributed by atoms with Gasteiger partial charge in [0, 0.05) is 17.8 Å². The predicted octanol–water partition coefficient (Wildman–Crippen LogP) is 3.37. The molecule has 0 aliphatic rings. The number of nitrogens with one attached hydrogen (secondary N) is 1. The molecule has 2 aromatic rings. The highest BCUT2D eigenvalue weighted by molar-refractivity contribution is 6.05. The van der Waals surface area contributed by atoms with E-state index < -0.39 is 27.1 Å². The molecule has 8 nitrogen and oxygen atoms in total. The van der Waals surface area contributed by atoms with Crippen LogP contribution in [0.15, 0.2) is 36.4 Å². The molecule has 0 saturated carbocycles. The van der Waals surface area contributed by atoms with E-state index in [0.29, 0.717) is 5.69 Å². The van der Waals surface area contributed by atoms with Gasteiger partial charge in [-0.2, -0.15) is 0 Å². The van der Waals surface area contributed by atoms with Crippen LogP contribution in [0.2, 0.25) is 0 Å². The predicted molar refractivity (Wildman–Crippen MR) is 83.6 cm³/mol. The molecule has 0 saturated heterocycles. The largest absolute Gasteiger partial charge is 0.322 e. The molecule has 23 heavy (non-hydrogen) atoms. The molecule has 0 unspecified atom stereocenters. The third-order valence-corrected chi connectivity index (χ3v) is 3.22. The SMILES string of the molecule is Cc1ccc(NC(=O)c2cc([N+](=O)[O-])cc([N+](=O)[O-])c2)c(C)c1. The summed E-state index contributed by atoms with van der Waals surface area (Å²) in [7, 11) is 0. The van der Waals surface area contributed by atoms with Crippen molar-refractivity contribution in [2.24, 2.45) is 0 Å². The standard InChI is InChI=1S/C15H13N3O5/c1-9-3-4-14(10(2)5-9)16-15(19)11-6-12(17(20)21)8-13(7-11)18(22)23/h3-8H,1-2H3,(H,16,19). The quantitative estimate of drug-likeness (QED) is 0.686. The Morgan fingerprint density at radius 2 is 1.52 bits per heavy atom. The van der Waals surface area contributed by atoms with E-state index in [2.05, 4.69) is 5.32 Å². The summed E-state index contributed by atoms with van der Waals surface area (Å²) in [5.74, 6) is -0.649. The van der Waals surface area contributed by atoms with E-state index in [0.717, 1.165) is 29.3 Å². The van der Waals surface area contributed by atoms with Crippen LogP contribution in [0.1, 0.15) is 21.5 Å². The van der Waals surface area contributed by atoms with Gasteiger partial charge in [0.2, 0.25) is 0 Å². The normalized spacial score (nSPS) is 10.2. The van der Waals surface area contributed by atoms with E-state index in [4.69, 9.17) is 0 Å². The fourth-order valence-electron chi connectivity index (χ4n) is 2.09.